The van der Waals surface area contributed by atoms with E-state index in [1.807, 2.05) is 0 Å². The molecule has 1 saturated carbocycles. The molecule has 104 valence electrons. The summed E-state index contributed by atoms with van der Waals surface area (Å²) in [6, 6.07) is 6.56. The van der Waals surface area contributed by atoms with Gasteiger partial charge in [-0.25, -0.2) is 4.79 Å². The number of hydrogen-bond donors (Lipinski definition) is 1. The van der Waals surface area contributed by atoms with Gasteiger partial charge in [0.25, 0.3) is 0 Å². The molecule has 0 bridgehead atoms. The highest BCUT2D eigenvalue weighted by Gasteiger charge is 2.29. The second kappa shape index (κ2) is 5.07. The van der Waals surface area contributed by atoms with Crippen LogP contribution < -0.4 is 0 Å². The van der Waals surface area contributed by atoms with Gasteiger partial charge < -0.3 is 9.52 Å². The Morgan fingerprint density at radius 2 is 2.20 bits per heavy atom. The fourth-order valence-corrected chi connectivity index (χ4v) is 2.80. The smallest absolute Gasteiger partial charge is 0.335 e. The molecule has 1 fully saturated rings. The van der Waals surface area contributed by atoms with Crippen molar-refractivity contribution in [3.8, 4) is 11.5 Å². The standard InChI is InChI=1S/C15H16N2O3/c1-9-4-2-7-12(9)14-17-16-13(20-14)10-5-3-6-11(8-10)15(18)19/h3,5-6,8-9,12H,2,4,7H2,1H3,(H,18,19). The Morgan fingerprint density at radius 1 is 1.35 bits per heavy atom. The lowest BCUT2D eigenvalue weighted by molar-refractivity contribution is 0.0697. The molecule has 0 aliphatic heterocycles. The fraction of sp³-hybridized carbons (Fsp3) is 0.400. The van der Waals surface area contributed by atoms with E-state index in [1.54, 1.807) is 24.3 Å². The lowest BCUT2D eigenvalue weighted by Gasteiger charge is -2.09. The Kier molecular flexibility index (Phi) is 3.26. The quantitative estimate of drug-likeness (QED) is 0.927. The number of benzene rings is 1. The van der Waals surface area contributed by atoms with Gasteiger partial charge in [0.1, 0.15) is 0 Å². The van der Waals surface area contributed by atoms with Crippen molar-refractivity contribution in [2.24, 2.45) is 5.92 Å². The van der Waals surface area contributed by atoms with Crippen molar-refractivity contribution in [3.05, 3.63) is 35.7 Å². The number of aromatic nitrogens is 2. The van der Waals surface area contributed by atoms with E-state index in [0.717, 1.165) is 6.42 Å². The summed E-state index contributed by atoms with van der Waals surface area (Å²) >= 11 is 0. The summed E-state index contributed by atoms with van der Waals surface area (Å²) in [7, 11) is 0. The maximum absolute atomic E-state index is 11.0. The van der Waals surface area contributed by atoms with Crippen LogP contribution in [0, 0.1) is 5.92 Å². The third-order valence-corrected chi connectivity index (χ3v) is 3.98. The van der Waals surface area contributed by atoms with Crippen LogP contribution >= 0.6 is 0 Å². The zero-order chi connectivity index (χ0) is 14.1. The molecule has 0 amide bonds. The molecule has 2 unspecified atom stereocenters. The number of carbonyl (C=O) groups is 1. The third kappa shape index (κ3) is 2.31. The van der Waals surface area contributed by atoms with Gasteiger partial charge in [0.15, 0.2) is 0 Å². The number of carboxylic acid groups (broad SMARTS) is 1. The van der Waals surface area contributed by atoms with Gasteiger partial charge in [-0.05, 0) is 37.0 Å². The first-order chi connectivity index (χ1) is 9.65. The lowest BCUT2D eigenvalue weighted by Crippen LogP contribution is -2.01. The van der Waals surface area contributed by atoms with Gasteiger partial charge >= 0.3 is 5.97 Å². The minimum absolute atomic E-state index is 0.219. The van der Waals surface area contributed by atoms with E-state index in [2.05, 4.69) is 17.1 Å². The van der Waals surface area contributed by atoms with Crippen molar-refractivity contribution in [3.63, 3.8) is 0 Å². The van der Waals surface area contributed by atoms with E-state index in [1.165, 1.54) is 12.8 Å². The van der Waals surface area contributed by atoms with Crippen LogP contribution in [0.3, 0.4) is 0 Å². The monoisotopic (exact) mass is 272 g/mol. The predicted molar refractivity (Wildman–Crippen MR) is 72.4 cm³/mol. The van der Waals surface area contributed by atoms with Crippen molar-refractivity contribution >= 4 is 5.97 Å². The minimum atomic E-state index is -0.962. The van der Waals surface area contributed by atoms with Crippen LogP contribution in [0.15, 0.2) is 28.7 Å². The van der Waals surface area contributed by atoms with Crippen molar-refractivity contribution in [1.82, 2.24) is 10.2 Å². The fourth-order valence-electron chi connectivity index (χ4n) is 2.80. The van der Waals surface area contributed by atoms with E-state index in [-0.39, 0.29) is 5.56 Å². The van der Waals surface area contributed by atoms with Crippen LogP contribution in [-0.4, -0.2) is 21.3 Å². The third-order valence-electron chi connectivity index (χ3n) is 3.98. The molecule has 0 radical (unpaired) electrons. The van der Waals surface area contributed by atoms with E-state index in [9.17, 15) is 4.79 Å². The summed E-state index contributed by atoms with van der Waals surface area (Å²) in [5.41, 5.74) is 0.866. The highest BCUT2D eigenvalue weighted by molar-refractivity contribution is 5.88. The van der Waals surface area contributed by atoms with Crippen LogP contribution in [0.4, 0.5) is 0 Å². The van der Waals surface area contributed by atoms with Crippen LogP contribution in [-0.2, 0) is 0 Å². The lowest BCUT2D eigenvalue weighted by atomic mass is 9.98. The molecule has 20 heavy (non-hydrogen) atoms. The molecule has 1 aromatic heterocycles. The van der Waals surface area contributed by atoms with Gasteiger partial charge in [0.05, 0.1) is 5.56 Å². The Hall–Kier alpha value is -2.17. The molecule has 5 heteroatoms. The maximum Gasteiger partial charge on any atom is 0.335 e. The Balaban J connectivity index is 1.90. The summed E-state index contributed by atoms with van der Waals surface area (Å²) in [6.45, 7) is 2.20. The van der Waals surface area contributed by atoms with Crippen LogP contribution in [0.25, 0.3) is 11.5 Å². The Labute approximate surface area is 116 Å². The van der Waals surface area contributed by atoms with Gasteiger partial charge in [-0.1, -0.05) is 19.4 Å². The number of rotatable bonds is 3. The number of nitrogens with zero attached hydrogens (tertiary/aromatic N) is 2. The predicted octanol–water partition coefficient (Wildman–Crippen LogP) is 3.34. The van der Waals surface area contributed by atoms with Gasteiger partial charge in [0.2, 0.25) is 11.8 Å². The normalized spacial score (nSPS) is 22.1. The first-order valence-corrected chi connectivity index (χ1v) is 6.82. The van der Waals surface area contributed by atoms with Crippen LogP contribution in [0.5, 0.6) is 0 Å². The first kappa shape index (κ1) is 12.8. The van der Waals surface area contributed by atoms with Gasteiger partial charge in [-0.15, -0.1) is 10.2 Å². The van der Waals surface area contributed by atoms with E-state index < -0.39 is 5.97 Å². The molecule has 1 heterocycles. The topological polar surface area (TPSA) is 76.2 Å². The SMILES string of the molecule is CC1CCCC1c1nnc(-c2cccc(C(=O)O)c2)o1. The van der Waals surface area contributed by atoms with E-state index in [4.69, 9.17) is 9.52 Å². The minimum Gasteiger partial charge on any atom is -0.478 e. The molecule has 5 nitrogen and oxygen atoms in total. The molecule has 2 atom stereocenters. The average molecular weight is 272 g/mol. The molecule has 0 spiro atoms. The van der Waals surface area contributed by atoms with Crippen LogP contribution in [0.1, 0.15) is 48.4 Å². The van der Waals surface area contributed by atoms with Gasteiger partial charge in [0, 0.05) is 11.5 Å². The molecular weight excluding hydrogens is 256 g/mol. The van der Waals surface area contributed by atoms with Crippen molar-refractivity contribution < 1.29 is 14.3 Å². The number of aromatic carboxylic acids is 1. The molecule has 3 rings (SSSR count). The van der Waals surface area contributed by atoms with E-state index in [0.29, 0.717) is 29.2 Å². The summed E-state index contributed by atoms with van der Waals surface area (Å²) in [6.07, 6.45) is 3.47. The Morgan fingerprint density at radius 3 is 2.90 bits per heavy atom. The van der Waals surface area contributed by atoms with Crippen LogP contribution in [0.2, 0.25) is 0 Å². The average Bonchev–Trinajstić information content (AvgIpc) is 3.07. The highest BCUT2D eigenvalue weighted by atomic mass is 16.4. The van der Waals surface area contributed by atoms with Gasteiger partial charge in [-0.2, -0.15) is 0 Å². The zero-order valence-corrected chi connectivity index (χ0v) is 11.2. The first-order valence-electron chi connectivity index (χ1n) is 6.82. The zero-order valence-electron chi connectivity index (χ0n) is 11.2. The molecular formula is C15H16N2O3. The molecule has 0 saturated heterocycles. The van der Waals surface area contributed by atoms with Crippen molar-refractivity contribution in [2.45, 2.75) is 32.1 Å². The molecule has 1 N–H and O–H groups in total. The Bertz CT molecular complexity index is 636. The second-order valence-corrected chi connectivity index (χ2v) is 5.35. The summed E-state index contributed by atoms with van der Waals surface area (Å²) < 4.78 is 5.74. The molecule has 2 aromatic rings. The highest BCUT2D eigenvalue weighted by Crippen LogP contribution is 2.39. The molecule has 1 aromatic carbocycles. The maximum atomic E-state index is 11.0. The second-order valence-electron chi connectivity index (χ2n) is 5.35. The molecule has 1 aliphatic carbocycles. The van der Waals surface area contributed by atoms with E-state index >= 15 is 0 Å². The number of hydrogen-bond acceptors (Lipinski definition) is 4. The summed E-state index contributed by atoms with van der Waals surface area (Å²) in [4.78, 5) is 11.0. The van der Waals surface area contributed by atoms with Gasteiger partial charge in [-0.3, -0.25) is 0 Å². The molecule has 1 aliphatic rings. The van der Waals surface area contributed by atoms with Crippen molar-refractivity contribution in [2.75, 3.05) is 0 Å². The summed E-state index contributed by atoms with van der Waals surface area (Å²) in [5, 5.41) is 17.2. The summed E-state index contributed by atoms with van der Waals surface area (Å²) in [5.74, 6) is 0.997. The largest absolute Gasteiger partial charge is 0.478 e. The number of carboxylic acids is 1. The van der Waals surface area contributed by atoms with Crippen molar-refractivity contribution in [1.29, 1.82) is 0 Å².